The smallest absolute Gasteiger partial charge is 0.225 e. The third kappa shape index (κ3) is 4.77. The van der Waals surface area contributed by atoms with E-state index in [0.29, 0.717) is 12.3 Å². The predicted octanol–water partition coefficient (Wildman–Crippen LogP) is 3.52. The van der Waals surface area contributed by atoms with Crippen LogP contribution in [0, 0.1) is 5.92 Å². The third-order valence-electron chi connectivity index (χ3n) is 2.48. The molecule has 0 saturated heterocycles. The lowest BCUT2D eigenvalue weighted by atomic mass is 10.0. The van der Waals surface area contributed by atoms with E-state index in [1.54, 1.807) is 0 Å². The van der Waals surface area contributed by atoms with Crippen molar-refractivity contribution in [3.05, 3.63) is 27.1 Å². The number of nitrogens with two attached hydrogens (primary N) is 1. The number of nitrogens with one attached hydrogen (secondary N) is 1. The van der Waals surface area contributed by atoms with Gasteiger partial charge in [-0.2, -0.15) is 0 Å². The number of halogens is 2. The molecule has 1 aromatic carbocycles. The lowest BCUT2D eigenvalue weighted by molar-refractivity contribution is -0.116. The van der Waals surface area contributed by atoms with Crippen molar-refractivity contribution in [2.24, 2.45) is 11.7 Å². The molecule has 0 fully saturated rings. The maximum absolute atomic E-state index is 11.8. The van der Waals surface area contributed by atoms with Gasteiger partial charge in [0.15, 0.2) is 0 Å². The molecule has 0 aliphatic carbocycles. The molecule has 0 radical (unpaired) electrons. The highest BCUT2D eigenvalue weighted by molar-refractivity contribution is 9.11. The number of hydrogen-bond acceptors (Lipinski definition) is 2. The van der Waals surface area contributed by atoms with Gasteiger partial charge in [-0.15, -0.1) is 0 Å². The molecule has 0 heterocycles. The summed E-state index contributed by atoms with van der Waals surface area (Å²) < 4.78 is 1.77. The fourth-order valence-corrected chi connectivity index (χ4v) is 1.95. The predicted molar refractivity (Wildman–Crippen MR) is 77.9 cm³/mol. The van der Waals surface area contributed by atoms with Gasteiger partial charge in [0, 0.05) is 21.4 Å². The van der Waals surface area contributed by atoms with E-state index in [4.69, 9.17) is 5.73 Å². The highest BCUT2D eigenvalue weighted by atomic mass is 79.9. The number of anilines is 1. The molecule has 0 aliphatic heterocycles. The summed E-state index contributed by atoms with van der Waals surface area (Å²) in [5.41, 5.74) is 6.61. The molecule has 1 unspecified atom stereocenters. The Morgan fingerprint density at radius 1 is 1.41 bits per heavy atom. The Kier molecular flexibility index (Phi) is 5.62. The Hall–Kier alpha value is -0.390. The summed E-state index contributed by atoms with van der Waals surface area (Å²) in [5, 5.41) is 2.84. The van der Waals surface area contributed by atoms with Crippen molar-refractivity contribution >= 4 is 43.5 Å². The second-order valence-corrected chi connectivity index (χ2v) is 6.05. The van der Waals surface area contributed by atoms with E-state index in [0.717, 1.165) is 14.6 Å². The summed E-state index contributed by atoms with van der Waals surface area (Å²) in [7, 11) is 0. The highest BCUT2D eigenvalue weighted by Gasteiger charge is 2.13. The van der Waals surface area contributed by atoms with E-state index in [1.807, 2.05) is 32.0 Å². The first-order valence-corrected chi connectivity index (χ1v) is 6.99. The minimum atomic E-state index is -0.110. The molecule has 0 aromatic heterocycles. The fourth-order valence-electron chi connectivity index (χ4n) is 1.24. The molecule has 0 aliphatic rings. The van der Waals surface area contributed by atoms with Crippen molar-refractivity contribution in [2.75, 3.05) is 5.32 Å². The van der Waals surface area contributed by atoms with Crippen molar-refractivity contribution in [3.63, 3.8) is 0 Å². The molecular weight excluding hydrogens is 348 g/mol. The SMILES string of the molecule is CC(C)C(N)CC(=O)Nc1cc(Br)ccc1Br. The molecular formula is C12H16Br2N2O. The topological polar surface area (TPSA) is 55.1 Å². The van der Waals surface area contributed by atoms with E-state index < -0.39 is 0 Å². The number of rotatable bonds is 4. The Morgan fingerprint density at radius 3 is 2.65 bits per heavy atom. The summed E-state index contributed by atoms with van der Waals surface area (Å²) in [4.78, 5) is 11.8. The lowest BCUT2D eigenvalue weighted by Gasteiger charge is -2.15. The Balaban J connectivity index is 2.65. The monoisotopic (exact) mass is 362 g/mol. The normalized spacial score (nSPS) is 12.6. The lowest BCUT2D eigenvalue weighted by Crippen LogP contribution is -2.31. The van der Waals surface area contributed by atoms with Crippen LogP contribution in [0.5, 0.6) is 0 Å². The zero-order valence-electron chi connectivity index (χ0n) is 9.84. The number of amides is 1. The van der Waals surface area contributed by atoms with Crippen LogP contribution in [-0.4, -0.2) is 11.9 Å². The van der Waals surface area contributed by atoms with Crippen LogP contribution < -0.4 is 11.1 Å². The third-order valence-corrected chi connectivity index (χ3v) is 3.66. The highest BCUT2D eigenvalue weighted by Crippen LogP contribution is 2.26. The summed E-state index contributed by atoms with van der Waals surface area (Å²) in [5.74, 6) is 0.233. The van der Waals surface area contributed by atoms with Crippen molar-refractivity contribution in [3.8, 4) is 0 Å². The van der Waals surface area contributed by atoms with Gasteiger partial charge in [0.05, 0.1) is 5.69 Å². The maximum atomic E-state index is 11.8. The van der Waals surface area contributed by atoms with Gasteiger partial charge in [-0.25, -0.2) is 0 Å². The van der Waals surface area contributed by atoms with E-state index in [-0.39, 0.29) is 11.9 Å². The van der Waals surface area contributed by atoms with Crippen LogP contribution in [0.3, 0.4) is 0 Å². The van der Waals surface area contributed by atoms with Gasteiger partial charge in [-0.05, 0) is 40.0 Å². The Labute approximate surface area is 118 Å². The quantitative estimate of drug-likeness (QED) is 0.859. The van der Waals surface area contributed by atoms with Crippen LogP contribution in [-0.2, 0) is 4.79 Å². The Bertz CT molecular complexity index is 407. The number of hydrogen-bond donors (Lipinski definition) is 2. The Morgan fingerprint density at radius 2 is 2.06 bits per heavy atom. The molecule has 0 saturated carbocycles. The zero-order chi connectivity index (χ0) is 13.0. The van der Waals surface area contributed by atoms with Crippen molar-refractivity contribution in [1.29, 1.82) is 0 Å². The molecule has 0 bridgehead atoms. The first kappa shape index (κ1) is 14.7. The second-order valence-electron chi connectivity index (χ2n) is 4.28. The summed E-state index contributed by atoms with van der Waals surface area (Å²) in [6, 6.07) is 5.52. The maximum Gasteiger partial charge on any atom is 0.225 e. The van der Waals surface area contributed by atoms with E-state index in [2.05, 4.69) is 37.2 Å². The average Bonchev–Trinajstić information content (AvgIpc) is 2.23. The minimum absolute atomic E-state index is 0.0648. The van der Waals surface area contributed by atoms with Gasteiger partial charge >= 0.3 is 0 Å². The summed E-state index contributed by atoms with van der Waals surface area (Å²) in [6.45, 7) is 4.01. The van der Waals surface area contributed by atoms with E-state index in [1.165, 1.54) is 0 Å². The standard InChI is InChI=1S/C12H16Br2N2O/c1-7(2)10(15)6-12(17)16-11-5-8(13)3-4-9(11)14/h3-5,7,10H,6,15H2,1-2H3,(H,16,17). The largest absolute Gasteiger partial charge is 0.327 e. The van der Waals surface area contributed by atoms with Crippen molar-refractivity contribution in [2.45, 2.75) is 26.3 Å². The van der Waals surface area contributed by atoms with Crippen LogP contribution in [0.4, 0.5) is 5.69 Å². The van der Waals surface area contributed by atoms with Gasteiger partial charge in [-0.3, -0.25) is 4.79 Å². The molecule has 1 aromatic rings. The van der Waals surface area contributed by atoms with Crippen LogP contribution in [0.15, 0.2) is 27.1 Å². The van der Waals surface area contributed by atoms with E-state index >= 15 is 0 Å². The molecule has 94 valence electrons. The molecule has 5 heteroatoms. The van der Waals surface area contributed by atoms with Gasteiger partial charge in [-0.1, -0.05) is 29.8 Å². The van der Waals surface area contributed by atoms with Gasteiger partial charge in [0.1, 0.15) is 0 Å². The van der Waals surface area contributed by atoms with E-state index in [9.17, 15) is 4.79 Å². The molecule has 1 rings (SSSR count). The molecule has 3 N–H and O–H groups in total. The van der Waals surface area contributed by atoms with Crippen LogP contribution in [0.2, 0.25) is 0 Å². The van der Waals surface area contributed by atoms with Crippen LogP contribution >= 0.6 is 31.9 Å². The fraction of sp³-hybridized carbons (Fsp3) is 0.417. The van der Waals surface area contributed by atoms with Crippen molar-refractivity contribution in [1.82, 2.24) is 0 Å². The molecule has 17 heavy (non-hydrogen) atoms. The first-order chi connectivity index (χ1) is 7.90. The van der Waals surface area contributed by atoms with Crippen LogP contribution in [0.25, 0.3) is 0 Å². The van der Waals surface area contributed by atoms with Crippen LogP contribution in [0.1, 0.15) is 20.3 Å². The number of carbonyl (C=O) groups is 1. The first-order valence-electron chi connectivity index (χ1n) is 5.40. The molecule has 1 atom stereocenters. The van der Waals surface area contributed by atoms with Gasteiger partial charge in [0.25, 0.3) is 0 Å². The van der Waals surface area contributed by atoms with Crippen molar-refractivity contribution < 1.29 is 4.79 Å². The number of carbonyl (C=O) groups excluding carboxylic acids is 1. The van der Waals surface area contributed by atoms with Gasteiger partial charge < -0.3 is 11.1 Å². The molecule has 3 nitrogen and oxygen atoms in total. The minimum Gasteiger partial charge on any atom is -0.327 e. The number of benzene rings is 1. The average molecular weight is 364 g/mol. The second kappa shape index (κ2) is 6.52. The molecule has 0 spiro atoms. The summed E-state index contributed by atoms with van der Waals surface area (Å²) >= 11 is 6.75. The molecule has 1 amide bonds. The summed E-state index contributed by atoms with van der Waals surface area (Å²) in [6.07, 6.45) is 0.330. The van der Waals surface area contributed by atoms with Gasteiger partial charge in [0.2, 0.25) is 5.91 Å². The zero-order valence-corrected chi connectivity index (χ0v) is 13.0.